The van der Waals surface area contributed by atoms with E-state index in [0.29, 0.717) is 22.7 Å². The predicted octanol–water partition coefficient (Wildman–Crippen LogP) is 3.21. The van der Waals surface area contributed by atoms with Crippen molar-refractivity contribution in [3.05, 3.63) is 36.2 Å². The number of nitrogens with one attached hydrogen (secondary N) is 1. The third-order valence-corrected chi connectivity index (χ3v) is 4.20. The van der Waals surface area contributed by atoms with Crippen molar-refractivity contribution in [2.75, 3.05) is 12.4 Å². The number of hydrogen-bond donors (Lipinski definition) is 1. The predicted molar refractivity (Wildman–Crippen MR) is 94.1 cm³/mol. The quantitative estimate of drug-likeness (QED) is 0.620. The van der Waals surface area contributed by atoms with E-state index in [9.17, 15) is 4.39 Å². The highest BCUT2D eigenvalue weighted by Gasteiger charge is 2.18. The van der Waals surface area contributed by atoms with Gasteiger partial charge in [0.15, 0.2) is 11.5 Å². The number of fused-ring (bicyclic) bond motifs is 2. The minimum Gasteiger partial charge on any atom is -0.356 e. The molecule has 128 valence electrons. The van der Waals surface area contributed by atoms with Crippen LogP contribution in [-0.2, 0) is 0 Å². The first-order valence-electron chi connectivity index (χ1n) is 8.07. The van der Waals surface area contributed by atoms with Gasteiger partial charge in [-0.3, -0.25) is 0 Å². The first-order chi connectivity index (χ1) is 12.0. The Kier molecular flexibility index (Phi) is 3.41. The molecule has 0 saturated heterocycles. The topological polar surface area (TPSA) is 72.9 Å². The first kappa shape index (κ1) is 15.5. The van der Waals surface area contributed by atoms with Crippen LogP contribution in [0.3, 0.4) is 0 Å². The molecule has 0 atom stereocenters. The second kappa shape index (κ2) is 5.51. The second-order valence-corrected chi connectivity index (χ2v) is 6.18. The van der Waals surface area contributed by atoms with Crippen LogP contribution in [0.25, 0.3) is 27.9 Å². The molecular weight excluding hydrogens is 321 g/mol. The molecule has 0 aliphatic heterocycles. The summed E-state index contributed by atoms with van der Waals surface area (Å²) in [5.41, 5.74) is 3.04. The van der Waals surface area contributed by atoms with E-state index >= 15 is 0 Å². The van der Waals surface area contributed by atoms with E-state index in [2.05, 4.69) is 39.2 Å². The third-order valence-electron chi connectivity index (χ3n) is 4.20. The molecule has 4 aromatic rings. The number of aryl methyl sites for hydroxylation is 1. The molecule has 0 radical (unpaired) electrons. The average Bonchev–Trinajstić information content (AvgIpc) is 3.08. The molecule has 0 saturated carbocycles. The lowest BCUT2D eigenvalue weighted by molar-refractivity contribution is 0.595. The summed E-state index contributed by atoms with van der Waals surface area (Å²) in [5, 5.41) is 7.06. The van der Waals surface area contributed by atoms with Crippen molar-refractivity contribution in [2.24, 2.45) is 0 Å². The van der Waals surface area contributed by atoms with Gasteiger partial charge in [-0.2, -0.15) is 0 Å². The lowest BCUT2D eigenvalue weighted by Crippen LogP contribution is -2.04. The highest BCUT2D eigenvalue weighted by molar-refractivity contribution is 5.83. The van der Waals surface area contributed by atoms with Crippen molar-refractivity contribution < 1.29 is 4.39 Å². The number of anilines is 1. The van der Waals surface area contributed by atoms with Gasteiger partial charge < -0.3 is 9.88 Å². The zero-order valence-corrected chi connectivity index (χ0v) is 14.4. The Labute approximate surface area is 143 Å². The molecule has 0 aliphatic rings. The summed E-state index contributed by atoms with van der Waals surface area (Å²) in [6.45, 7) is 6.09. The van der Waals surface area contributed by atoms with E-state index in [-0.39, 0.29) is 11.9 Å². The molecule has 1 N–H and O–H groups in total. The monoisotopic (exact) mass is 339 g/mol. The smallest absolute Gasteiger partial charge is 0.240 e. The van der Waals surface area contributed by atoms with Crippen LogP contribution in [0.15, 0.2) is 24.5 Å². The minimum absolute atomic E-state index is 0.213. The molecule has 0 unspecified atom stereocenters. The van der Waals surface area contributed by atoms with Gasteiger partial charge in [0.25, 0.3) is 0 Å². The zero-order chi connectivity index (χ0) is 17.7. The van der Waals surface area contributed by atoms with Crippen molar-refractivity contribution in [3.63, 3.8) is 0 Å². The number of aromatic nitrogens is 6. The fraction of sp³-hybridized carbons (Fsp3) is 0.294. The number of halogens is 1. The Balaban J connectivity index is 1.97. The van der Waals surface area contributed by atoms with Gasteiger partial charge in [-0.25, -0.2) is 23.9 Å². The van der Waals surface area contributed by atoms with E-state index in [0.717, 1.165) is 17.0 Å². The maximum Gasteiger partial charge on any atom is 0.240 e. The largest absolute Gasteiger partial charge is 0.356 e. The molecular formula is C17H18FN7. The number of pyridine rings is 1. The fourth-order valence-corrected chi connectivity index (χ4v) is 3.15. The van der Waals surface area contributed by atoms with E-state index in [1.807, 2.05) is 17.6 Å². The van der Waals surface area contributed by atoms with Crippen LogP contribution in [0.1, 0.15) is 25.7 Å². The SMILES string of the molecule is CNc1ncc2c(-c3ccc4nc(C)n(C(C)C)c4n3)c(F)cn2n1. The van der Waals surface area contributed by atoms with Crippen molar-refractivity contribution in [1.29, 1.82) is 0 Å². The van der Waals surface area contributed by atoms with Crippen molar-refractivity contribution in [1.82, 2.24) is 29.1 Å². The molecule has 8 heteroatoms. The Hall–Kier alpha value is -3.03. The van der Waals surface area contributed by atoms with Gasteiger partial charge in [-0.1, -0.05) is 0 Å². The van der Waals surface area contributed by atoms with Crippen LogP contribution in [0.4, 0.5) is 10.3 Å². The van der Waals surface area contributed by atoms with Crippen molar-refractivity contribution >= 4 is 22.6 Å². The molecule has 4 rings (SSSR count). The summed E-state index contributed by atoms with van der Waals surface area (Å²) in [6.07, 6.45) is 2.93. The van der Waals surface area contributed by atoms with Gasteiger partial charge in [-0.15, -0.1) is 5.10 Å². The molecule has 0 bridgehead atoms. The molecule has 4 heterocycles. The van der Waals surface area contributed by atoms with Gasteiger partial charge in [0.05, 0.1) is 29.2 Å². The minimum atomic E-state index is -0.387. The summed E-state index contributed by atoms with van der Waals surface area (Å²) >= 11 is 0. The van der Waals surface area contributed by atoms with Crippen LogP contribution in [0.2, 0.25) is 0 Å². The molecule has 0 fully saturated rings. The van der Waals surface area contributed by atoms with Crippen molar-refractivity contribution in [2.45, 2.75) is 26.8 Å². The lowest BCUT2D eigenvalue weighted by Gasteiger charge is -2.10. The van der Waals surface area contributed by atoms with Crippen LogP contribution < -0.4 is 5.32 Å². The Morgan fingerprint density at radius 1 is 1.20 bits per heavy atom. The van der Waals surface area contributed by atoms with Gasteiger partial charge in [0, 0.05) is 13.1 Å². The zero-order valence-electron chi connectivity index (χ0n) is 14.4. The van der Waals surface area contributed by atoms with Crippen LogP contribution in [0.5, 0.6) is 0 Å². The Morgan fingerprint density at radius 3 is 2.72 bits per heavy atom. The maximum atomic E-state index is 14.6. The highest BCUT2D eigenvalue weighted by Crippen LogP contribution is 2.29. The lowest BCUT2D eigenvalue weighted by atomic mass is 10.2. The fourth-order valence-electron chi connectivity index (χ4n) is 3.15. The van der Waals surface area contributed by atoms with Crippen LogP contribution in [-0.4, -0.2) is 36.2 Å². The second-order valence-electron chi connectivity index (χ2n) is 6.18. The number of imidazole rings is 1. The summed E-state index contributed by atoms with van der Waals surface area (Å²) in [4.78, 5) is 13.4. The van der Waals surface area contributed by atoms with Crippen LogP contribution >= 0.6 is 0 Å². The number of rotatable bonds is 3. The number of nitrogens with zero attached hydrogens (tertiary/aromatic N) is 6. The maximum absolute atomic E-state index is 14.6. The molecule has 25 heavy (non-hydrogen) atoms. The van der Waals surface area contributed by atoms with Gasteiger partial charge >= 0.3 is 0 Å². The summed E-state index contributed by atoms with van der Waals surface area (Å²) in [5.74, 6) is 0.923. The summed E-state index contributed by atoms with van der Waals surface area (Å²) in [6, 6.07) is 3.86. The van der Waals surface area contributed by atoms with E-state index in [4.69, 9.17) is 0 Å². The highest BCUT2D eigenvalue weighted by atomic mass is 19.1. The van der Waals surface area contributed by atoms with Crippen molar-refractivity contribution in [3.8, 4) is 11.3 Å². The Bertz CT molecular complexity index is 1090. The molecule has 7 nitrogen and oxygen atoms in total. The summed E-state index contributed by atoms with van der Waals surface area (Å²) < 4.78 is 18.1. The molecule has 0 amide bonds. The van der Waals surface area contributed by atoms with E-state index in [1.165, 1.54) is 10.7 Å². The van der Waals surface area contributed by atoms with E-state index < -0.39 is 0 Å². The molecule has 0 aliphatic carbocycles. The van der Waals surface area contributed by atoms with E-state index in [1.54, 1.807) is 19.3 Å². The third kappa shape index (κ3) is 2.33. The normalized spacial score (nSPS) is 11.8. The average molecular weight is 339 g/mol. The number of hydrogen-bond acceptors (Lipinski definition) is 5. The van der Waals surface area contributed by atoms with Crippen LogP contribution in [0, 0.1) is 12.7 Å². The molecule has 4 aromatic heterocycles. The molecule has 0 aromatic carbocycles. The van der Waals surface area contributed by atoms with Gasteiger partial charge in [0.2, 0.25) is 5.95 Å². The summed E-state index contributed by atoms with van der Waals surface area (Å²) in [7, 11) is 1.72. The molecule has 0 spiro atoms. The Morgan fingerprint density at radius 2 is 2.00 bits per heavy atom. The van der Waals surface area contributed by atoms with Gasteiger partial charge in [0.1, 0.15) is 11.3 Å². The van der Waals surface area contributed by atoms with Gasteiger partial charge in [-0.05, 0) is 32.9 Å². The standard InChI is InChI=1S/C17H18FN7/c1-9(2)25-10(3)21-13-6-5-12(22-16(13)25)15-11(18)8-24-14(15)7-20-17(19-4)23-24/h5-9H,1-4H3,(H,19,23). The first-order valence-corrected chi connectivity index (χ1v) is 8.07.